The molecule has 1 amide bonds. The van der Waals surface area contributed by atoms with Crippen LogP contribution < -0.4 is 10.1 Å². The van der Waals surface area contributed by atoms with Crippen molar-refractivity contribution < 1.29 is 9.53 Å². The molecule has 0 atom stereocenters. The number of nitrogens with one attached hydrogen (secondary N) is 1. The first-order valence-corrected chi connectivity index (χ1v) is 10.9. The van der Waals surface area contributed by atoms with Gasteiger partial charge in [-0.05, 0) is 69.2 Å². The molecule has 1 N–H and O–H groups in total. The predicted molar refractivity (Wildman–Crippen MR) is 128 cm³/mol. The Morgan fingerprint density at radius 2 is 1.85 bits per heavy atom. The first-order valence-electron chi connectivity index (χ1n) is 10.6. The summed E-state index contributed by atoms with van der Waals surface area (Å²) < 4.78 is 7.84. The molecular formula is C25H24ClN5O2. The highest BCUT2D eigenvalue weighted by molar-refractivity contribution is 6.30. The molecule has 0 spiro atoms. The minimum absolute atomic E-state index is 0.0642. The molecule has 7 nitrogen and oxygen atoms in total. The Morgan fingerprint density at radius 1 is 1.06 bits per heavy atom. The average molecular weight is 462 g/mol. The Morgan fingerprint density at radius 3 is 2.55 bits per heavy atom. The van der Waals surface area contributed by atoms with Crippen molar-refractivity contribution in [1.29, 1.82) is 0 Å². The molecule has 0 radical (unpaired) electrons. The van der Waals surface area contributed by atoms with E-state index in [1.165, 1.54) is 0 Å². The molecule has 0 saturated heterocycles. The predicted octanol–water partition coefficient (Wildman–Crippen LogP) is 5.60. The minimum atomic E-state index is -0.0642. The molecule has 0 saturated carbocycles. The van der Waals surface area contributed by atoms with Gasteiger partial charge in [-0.3, -0.25) is 9.36 Å². The Balaban J connectivity index is 1.38. The molecule has 2 heterocycles. The molecule has 0 unspecified atom stereocenters. The lowest BCUT2D eigenvalue weighted by Crippen LogP contribution is -2.12. The van der Waals surface area contributed by atoms with Crippen molar-refractivity contribution in [1.82, 2.24) is 19.5 Å². The van der Waals surface area contributed by atoms with E-state index in [4.69, 9.17) is 16.3 Å². The van der Waals surface area contributed by atoms with E-state index in [0.29, 0.717) is 46.8 Å². The number of anilines is 1. The lowest BCUT2D eigenvalue weighted by molar-refractivity contribution is -0.116. The first-order chi connectivity index (χ1) is 15.9. The molecule has 2 aromatic heterocycles. The smallest absolute Gasteiger partial charge is 0.224 e. The van der Waals surface area contributed by atoms with Gasteiger partial charge in [0.05, 0.1) is 5.69 Å². The van der Waals surface area contributed by atoms with Crippen LogP contribution in [0.15, 0.2) is 60.9 Å². The largest absolute Gasteiger partial charge is 0.439 e. The number of imidazole rings is 1. The summed E-state index contributed by atoms with van der Waals surface area (Å²) in [7, 11) is 0. The van der Waals surface area contributed by atoms with Crippen molar-refractivity contribution in [2.45, 2.75) is 33.6 Å². The van der Waals surface area contributed by atoms with Crippen LogP contribution in [-0.4, -0.2) is 25.4 Å². The van der Waals surface area contributed by atoms with Gasteiger partial charge in [-0.15, -0.1) is 0 Å². The number of nitrogens with zero attached hydrogens (tertiary/aromatic N) is 4. The molecule has 0 bridgehead atoms. The standard InChI is InChI=1S/C25H24ClN5O2/c1-16-17(2)31(15-27-16)23-14-25(29-18(3)28-23)33-22-10-8-21(9-11-22)30-24(32)12-7-19-5-4-6-20(26)13-19/h4-6,8-11,13-15H,7,12H2,1-3H3,(H,30,32). The molecule has 168 valence electrons. The van der Waals surface area contributed by atoms with Crippen LogP contribution in [0.3, 0.4) is 0 Å². The van der Waals surface area contributed by atoms with Crippen LogP contribution >= 0.6 is 11.6 Å². The maximum atomic E-state index is 12.3. The van der Waals surface area contributed by atoms with E-state index < -0.39 is 0 Å². The number of carbonyl (C=O) groups is 1. The summed E-state index contributed by atoms with van der Waals surface area (Å²) in [6.45, 7) is 5.76. The Labute approximate surface area is 197 Å². The van der Waals surface area contributed by atoms with Gasteiger partial charge in [-0.1, -0.05) is 23.7 Å². The number of aromatic nitrogens is 4. The van der Waals surface area contributed by atoms with E-state index in [0.717, 1.165) is 17.0 Å². The van der Waals surface area contributed by atoms with Crippen molar-refractivity contribution in [3.8, 4) is 17.4 Å². The maximum absolute atomic E-state index is 12.3. The fraction of sp³-hybridized carbons (Fsp3) is 0.200. The highest BCUT2D eigenvalue weighted by Crippen LogP contribution is 2.24. The third-order valence-corrected chi connectivity index (χ3v) is 5.42. The lowest BCUT2D eigenvalue weighted by atomic mass is 10.1. The Kier molecular flexibility index (Phi) is 6.70. The van der Waals surface area contributed by atoms with Crippen LogP contribution in [0.1, 0.15) is 29.2 Å². The minimum Gasteiger partial charge on any atom is -0.439 e. The summed E-state index contributed by atoms with van der Waals surface area (Å²) in [6, 6.07) is 16.5. The summed E-state index contributed by atoms with van der Waals surface area (Å²) in [4.78, 5) is 25.5. The molecule has 2 aromatic carbocycles. The second kappa shape index (κ2) is 9.83. The topological polar surface area (TPSA) is 81.9 Å². The molecule has 0 fully saturated rings. The molecule has 0 aliphatic heterocycles. The van der Waals surface area contributed by atoms with Crippen LogP contribution in [0.4, 0.5) is 5.69 Å². The van der Waals surface area contributed by atoms with Gasteiger partial charge in [0.15, 0.2) is 0 Å². The molecule has 8 heteroatoms. The van der Waals surface area contributed by atoms with Gasteiger partial charge in [-0.2, -0.15) is 4.98 Å². The van der Waals surface area contributed by atoms with Crippen molar-refractivity contribution in [2.75, 3.05) is 5.32 Å². The van der Waals surface area contributed by atoms with E-state index in [1.807, 2.05) is 49.6 Å². The van der Waals surface area contributed by atoms with Gasteiger partial charge >= 0.3 is 0 Å². The van der Waals surface area contributed by atoms with E-state index in [1.54, 1.807) is 36.7 Å². The lowest BCUT2D eigenvalue weighted by Gasteiger charge is -2.10. The SMILES string of the molecule is Cc1nc(Oc2ccc(NC(=O)CCc3cccc(Cl)c3)cc2)cc(-n2cnc(C)c2C)n1. The summed E-state index contributed by atoms with van der Waals surface area (Å²) in [5, 5.41) is 3.57. The van der Waals surface area contributed by atoms with Crippen LogP contribution in [0.25, 0.3) is 5.82 Å². The normalized spacial score (nSPS) is 10.8. The van der Waals surface area contributed by atoms with E-state index in [9.17, 15) is 4.79 Å². The van der Waals surface area contributed by atoms with Gasteiger partial charge < -0.3 is 10.1 Å². The summed E-state index contributed by atoms with van der Waals surface area (Å²) in [6.07, 6.45) is 2.73. The number of hydrogen-bond acceptors (Lipinski definition) is 5. The zero-order valence-electron chi connectivity index (χ0n) is 18.7. The number of halogens is 1. The number of aryl methyl sites for hydroxylation is 3. The van der Waals surface area contributed by atoms with Crippen molar-refractivity contribution in [3.05, 3.63) is 88.7 Å². The highest BCUT2D eigenvalue weighted by atomic mass is 35.5. The van der Waals surface area contributed by atoms with E-state index in [-0.39, 0.29) is 5.91 Å². The van der Waals surface area contributed by atoms with Gasteiger partial charge in [-0.25, -0.2) is 9.97 Å². The third-order valence-electron chi connectivity index (χ3n) is 5.19. The monoisotopic (exact) mass is 461 g/mol. The molecule has 0 aliphatic rings. The average Bonchev–Trinajstić information content (AvgIpc) is 3.12. The number of rotatable bonds is 7. The number of ether oxygens (including phenoxy) is 1. The molecular weight excluding hydrogens is 438 g/mol. The Bertz CT molecular complexity index is 1280. The third kappa shape index (κ3) is 5.75. The number of amides is 1. The van der Waals surface area contributed by atoms with Crippen LogP contribution in [0.5, 0.6) is 11.6 Å². The summed E-state index contributed by atoms with van der Waals surface area (Å²) in [5.41, 5.74) is 3.68. The van der Waals surface area contributed by atoms with Crippen molar-refractivity contribution in [2.24, 2.45) is 0 Å². The van der Waals surface area contributed by atoms with Crippen LogP contribution in [0, 0.1) is 20.8 Å². The van der Waals surface area contributed by atoms with Crippen LogP contribution in [0.2, 0.25) is 5.02 Å². The van der Waals surface area contributed by atoms with Crippen molar-refractivity contribution in [3.63, 3.8) is 0 Å². The summed E-state index contributed by atoms with van der Waals surface area (Å²) >= 11 is 5.99. The second-order valence-corrected chi connectivity index (χ2v) is 8.14. The maximum Gasteiger partial charge on any atom is 0.224 e. The number of hydrogen-bond donors (Lipinski definition) is 1. The highest BCUT2D eigenvalue weighted by Gasteiger charge is 2.10. The zero-order valence-corrected chi connectivity index (χ0v) is 19.4. The zero-order chi connectivity index (χ0) is 23.4. The quantitative estimate of drug-likeness (QED) is 0.387. The number of benzene rings is 2. The molecule has 4 rings (SSSR count). The first kappa shape index (κ1) is 22.5. The van der Waals surface area contributed by atoms with Gasteiger partial charge in [0, 0.05) is 28.9 Å². The van der Waals surface area contributed by atoms with Gasteiger partial charge in [0.1, 0.15) is 23.7 Å². The molecule has 4 aromatic rings. The summed E-state index contributed by atoms with van der Waals surface area (Å²) in [5.74, 6) is 2.26. The fourth-order valence-electron chi connectivity index (χ4n) is 3.33. The van der Waals surface area contributed by atoms with E-state index in [2.05, 4.69) is 20.3 Å². The number of carbonyl (C=O) groups excluding carboxylic acids is 1. The van der Waals surface area contributed by atoms with Gasteiger partial charge in [0.2, 0.25) is 11.8 Å². The van der Waals surface area contributed by atoms with E-state index >= 15 is 0 Å². The fourth-order valence-corrected chi connectivity index (χ4v) is 3.54. The Hall–Kier alpha value is -3.71. The van der Waals surface area contributed by atoms with Gasteiger partial charge in [0.25, 0.3) is 0 Å². The van der Waals surface area contributed by atoms with Crippen LogP contribution in [-0.2, 0) is 11.2 Å². The molecule has 33 heavy (non-hydrogen) atoms. The van der Waals surface area contributed by atoms with Crippen molar-refractivity contribution >= 4 is 23.2 Å². The molecule has 0 aliphatic carbocycles. The second-order valence-electron chi connectivity index (χ2n) is 7.70.